The number of carbonyl (C=O) groups excluding carboxylic acids is 2. The minimum atomic E-state index is -1.05. The van der Waals surface area contributed by atoms with E-state index in [4.69, 9.17) is 26.1 Å². The third kappa shape index (κ3) is 6.39. The number of aryl methyl sites for hydroxylation is 2. The third-order valence-corrected chi connectivity index (χ3v) is 10.6. The number of fused-ring (bicyclic) bond motifs is 1. The van der Waals surface area contributed by atoms with Crippen molar-refractivity contribution in [2.45, 2.75) is 50.3 Å². The number of methoxy groups -OCH3 is 1. The molecule has 48 heavy (non-hydrogen) atoms. The van der Waals surface area contributed by atoms with E-state index in [9.17, 15) is 14.7 Å². The van der Waals surface area contributed by atoms with Gasteiger partial charge >= 0.3 is 5.91 Å². The summed E-state index contributed by atoms with van der Waals surface area (Å²) in [6.45, 7) is 8.45. The molecule has 1 fully saturated rings. The van der Waals surface area contributed by atoms with Crippen LogP contribution in [0.1, 0.15) is 54.4 Å². The minimum Gasteiger partial charge on any atom is -0.505 e. The number of aliphatic hydroxyl groups is 1. The predicted octanol–water partition coefficient (Wildman–Crippen LogP) is 7.81. The zero-order valence-electron chi connectivity index (χ0n) is 27.1. The molecule has 10 nitrogen and oxygen atoms in total. The quantitative estimate of drug-likeness (QED) is 0.0483. The van der Waals surface area contributed by atoms with E-state index in [1.54, 1.807) is 25.1 Å². The number of aliphatic hydroxyl groups excluding tert-OH is 1. The Balaban J connectivity index is 1.44. The number of hydrogen-bond acceptors (Lipinski definition) is 10. The lowest BCUT2D eigenvalue weighted by Crippen LogP contribution is -2.29. The van der Waals surface area contributed by atoms with E-state index < -0.39 is 17.7 Å². The molecule has 1 aliphatic heterocycles. The van der Waals surface area contributed by atoms with Crippen molar-refractivity contribution in [1.29, 1.82) is 0 Å². The van der Waals surface area contributed by atoms with Gasteiger partial charge < -0.3 is 19.0 Å². The van der Waals surface area contributed by atoms with Crippen LogP contribution < -0.4 is 14.4 Å². The van der Waals surface area contributed by atoms with Gasteiger partial charge in [0.05, 0.1) is 31.0 Å². The number of ketones is 1. The maximum atomic E-state index is 13.9. The summed E-state index contributed by atoms with van der Waals surface area (Å²) in [6.07, 6.45) is 2.69. The van der Waals surface area contributed by atoms with Crippen LogP contribution in [0.2, 0.25) is 5.02 Å². The van der Waals surface area contributed by atoms with E-state index in [2.05, 4.69) is 24.0 Å². The number of carbonyl (C=O) groups is 2. The first-order valence-corrected chi connectivity index (χ1v) is 17.5. The number of nitrogens with zero attached hydrogens (tertiary/aromatic N) is 5. The van der Waals surface area contributed by atoms with Crippen molar-refractivity contribution in [1.82, 2.24) is 19.6 Å². The molecule has 1 aliphatic rings. The number of amides is 1. The fourth-order valence-corrected chi connectivity index (χ4v) is 7.66. The highest BCUT2D eigenvalue weighted by Gasteiger charge is 2.49. The number of ether oxygens (including phenoxy) is 2. The zero-order chi connectivity index (χ0) is 34.1. The van der Waals surface area contributed by atoms with Crippen LogP contribution in [0.3, 0.4) is 0 Å². The van der Waals surface area contributed by atoms with Crippen molar-refractivity contribution in [2.24, 2.45) is 5.92 Å². The van der Waals surface area contributed by atoms with E-state index in [1.165, 1.54) is 35.1 Å². The van der Waals surface area contributed by atoms with Crippen LogP contribution in [0.25, 0.3) is 11.4 Å². The smallest absolute Gasteiger partial charge is 0.301 e. The highest BCUT2D eigenvalue weighted by Crippen LogP contribution is 2.46. The van der Waals surface area contributed by atoms with Crippen molar-refractivity contribution >= 4 is 62.9 Å². The maximum absolute atomic E-state index is 13.9. The van der Waals surface area contributed by atoms with Gasteiger partial charge in [-0.25, -0.2) is 4.98 Å². The van der Waals surface area contributed by atoms with Crippen LogP contribution in [-0.4, -0.2) is 50.1 Å². The molecule has 0 saturated carbocycles. The van der Waals surface area contributed by atoms with Crippen molar-refractivity contribution < 1.29 is 24.2 Å². The molecule has 0 spiro atoms. The van der Waals surface area contributed by atoms with Gasteiger partial charge in [0.25, 0.3) is 5.78 Å². The number of anilines is 1. The summed E-state index contributed by atoms with van der Waals surface area (Å²) in [5.41, 5.74) is 3.70. The van der Waals surface area contributed by atoms with Gasteiger partial charge in [-0.15, -0.1) is 10.2 Å². The van der Waals surface area contributed by atoms with Crippen LogP contribution >= 0.6 is 34.7 Å². The summed E-state index contributed by atoms with van der Waals surface area (Å²) in [6, 6.07) is 15.5. The molecule has 1 unspecified atom stereocenters. The molecule has 3 aromatic heterocycles. The highest BCUT2D eigenvalue weighted by atomic mass is 35.5. The van der Waals surface area contributed by atoms with Crippen LogP contribution in [0.5, 0.6) is 11.5 Å². The first-order chi connectivity index (χ1) is 23.1. The SMILES string of the molecule is COc1cc(C2C(=C(O)c3nc4c(C)cccn4c3C)C(=O)C(=O)N2c2nnc(SCc3ccccc3Cl)s2)ccc1OCCC(C)C. The number of pyridine rings is 1. The maximum Gasteiger partial charge on any atom is 0.301 e. The van der Waals surface area contributed by atoms with Gasteiger partial charge in [0.2, 0.25) is 5.13 Å². The molecular formula is C35H34ClN5O5S2. The Morgan fingerprint density at radius 1 is 1.08 bits per heavy atom. The third-order valence-electron chi connectivity index (χ3n) is 8.12. The fourth-order valence-electron chi connectivity index (χ4n) is 5.51. The second-order valence-corrected chi connectivity index (χ2v) is 14.4. The number of hydrogen-bond donors (Lipinski definition) is 1. The van der Waals surface area contributed by atoms with Gasteiger partial charge in [-0.05, 0) is 67.1 Å². The number of imidazole rings is 1. The van der Waals surface area contributed by atoms with Crippen LogP contribution in [0.4, 0.5) is 5.13 Å². The van der Waals surface area contributed by atoms with E-state index in [-0.39, 0.29) is 22.2 Å². The number of thioether (sulfide) groups is 1. The Kier molecular flexibility index (Phi) is 9.77. The fraction of sp³-hybridized carbons (Fsp3) is 0.286. The topological polar surface area (TPSA) is 119 Å². The number of rotatable bonds is 11. The molecule has 0 bridgehead atoms. The summed E-state index contributed by atoms with van der Waals surface area (Å²) >= 11 is 8.95. The van der Waals surface area contributed by atoms with Gasteiger partial charge in [-0.3, -0.25) is 14.5 Å². The first kappa shape index (κ1) is 33.5. The van der Waals surface area contributed by atoms with Gasteiger partial charge in [-0.1, -0.05) is 78.9 Å². The molecule has 5 aromatic rings. The molecule has 4 heterocycles. The minimum absolute atomic E-state index is 0.111. The van der Waals surface area contributed by atoms with E-state index in [0.717, 1.165) is 17.5 Å². The molecule has 0 radical (unpaired) electrons. The largest absolute Gasteiger partial charge is 0.505 e. The van der Waals surface area contributed by atoms with E-state index >= 15 is 0 Å². The molecule has 1 saturated heterocycles. The first-order valence-electron chi connectivity index (χ1n) is 15.3. The van der Waals surface area contributed by atoms with Crippen molar-refractivity contribution in [3.8, 4) is 11.5 Å². The average Bonchev–Trinajstić information content (AvgIpc) is 3.75. The molecule has 1 N–H and O–H groups in total. The second-order valence-electron chi connectivity index (χ2n) is 11.8. The van der Waals surface area contributed by atoms with Crippen molar-refractivity contribution in [3.63, 3.8) is 0 Å². The summed E-state index contributed by atoms with van der Waals surface area (Å²) in [5, 5.41) is 21.4. The molecule has 6 rings (SSSR count). The van der Waals surface area contributed by atoms with Crippen LogP contribution in [-0.2, 0) is 15.3 Å². The van der Waals surface area contributed by atoms with Crippen molar-refractivity contribution in [2.75, 3.05) is 18.6 Å². The Morgan fingerprint density at radius 2 is 1.88 bits per heavy atom. The second kappa shape index (κ2) is 14.0. The van der Waals surface area contributed by atoms with Gasteiger partial charge in [0.15, 0.2) is 21.6 Å². The average molecular weight is 704 g/mol. The lowest BCUT2D eigenvalue weighted by atomic mass is 9.96. The molecule has 2 aromatic carbocycles. The molecule has 13 heteroatoms. The summed E-state index contributed by atoms with van der Waals surface area (Å²) < 4.78 is 14.1. The number of benzene rings is 2. The molecule has 0 aliphatic carbocycles. The number of Topliss-reactive ketones (excluding diaryl/α,β-unsaturated/α-hetero) is 1. The Hall–Kier alpha value is -4.39. The normalized spacial score (nSPS) is 16.0. The standard InChI is InChI=1S/C35H34ClN5O5S2/c1-19(2)14-16-46-25-13-12-22(17-26(25)45-5)29-27(30(42)28-21(4)40-15-8-9-20(3)32(40)37-28)31(43)33(44)41(29)34-38-39-35(48-34)47-18-23-10-6-7-11-24(23)36/h6-13,15,17,19,29,42H,14,16,18H2,1-5H3. The number of halogens is 1. The summed E-state index contributed by atoms with van der Waals surface area (Å²) in [7, 11) is 1.53. The van der Waals surface area contributed by atoms with Crippen molar-refractivity contribution in [3.05, 3.63) is 99.5 Å². The highest BCUT2D eigenvalue weighted by molar-refractivity contribution is 8.00. The van der Waals surface area contributed by atoms with Gasteiger partial charge in [0, 0.05) is 17.0 Å². The van der Waals surface area contributed by atoms with Crippen LogP contribution in [0.15, 0.2) is 70.7 Å². The number of aromatic nitrogens is 4. The molecule has 1 amide bonds. The predicted molar refractivity (Wildman–Crippen MR) is 188 cm³/mol. The Labute approximate surface area is 291 Å². The summed E-state index contributed by atoms with van der Waals surface area (Å²) in [4.78, 5) is 33.7. The van der Waals surface area contributed by atoms with Crippen LogP contribution in [0, 0.1) is 19.8 Å². The lowest BCUT2D eigenvalue weighted by molar-refractivity contribution is -0.132. The van der Waals surface area contributed by atoms with Gasteiger partial charge in [-0.2, -0.15) is 0 Å². The monoisotopic (exact) mass is 703 g/mol. The molecular weight excluding hydrogens is 670 g/mol. The van der Waals surface area contributed by atoms with E-state index in [1.807, 2.05) is 53.9 Å². The lowest BCUT2D eigenvalue weighted by Gasteiger charge is -2.23. The molecule has 1 atom stereocenters. The Bertz CT molecular complexity index is 2060. The molecule has 248 valence electrons. The Morgan fingerprint density at radius 3 is 2.60 bits per heavy atom. The van der Waals surface area contributed by atoms with Gasteiger partial charge in [0.1, 0.15) is 11.3 Å². The zero-order valence-corrected chi connectivity index (χ0v) is 29.4. The summed E-state index contributed by atoms with van der Waals surface area (Å²) in [5.74, 6) is -0.124. The van der Waals surface area contributed by atoms with E-state index in [0.29, 0.717) is 56.0 Å².